The Morgan fingerprint density at radius 1 is 0.367 bits per heavy atom. The zero-order valence-electron chi connectivity index (χ0n) is 33.5. The Labute approximate surface area is 350 Å². The van der Waals surface area contributed by atoms with E-state index in [0.717, 1.165) is 34.1 Å². The minimum absolute atomic E-state index is 0.239. The molecule has 0 unspecified atom stereocenters. The summed E-state index contributed by atoms with van der Waals surface area (Å²) in [7, 11) is 0. The van der Waals surface area contributed by atoms with Gasteiger partial charge in [0.25, 0.3) is 0 Å². The van der Waals surface area contributed by atoms with Crippen molar-refractivity contribution < 1.29 is 0 Å². The van der Waals surface area contributed by atoms with Gasteiger partial charge in [-0.25, -0.2) is 0 Å². The van der Waals surface area contributed by atoms with Gasteiger partial charge < -0.3 is 14.4 Å². The molecule has 0 N–H and O–H groups in total. The van der Waals surface area contributed by atoms with E-state index in [-0.39, 0.29) is 5.41 Å². The molecule has 60 heavy (non-hydrogen) atoms. The Morgan fingerprint density at radius 3 is 1.63 bits per heavy atom. The van der Waals surface area contributed by atoms with Gasteiger partial charge in [-0.3, -0.25) is 0 Å². The van der Waals surface area contributed by atoms with Crippen molar-refractivity contribution in [3.8, 4) is 39.1 Å². The van der Waals surface area contributed by atoms with Crippen molar-refractivity contribution >= 4 is 55.9 Å². The number of benzene rings is 9. The van der Waals surface area contributed by atoms with Crippen molar-refractivity contribution in [3.63, 3.8) is 0 Å². The number of hydrogen-bond acceptors (Lipinski definition) is 2. The third-order valence-electron chi connectivity index (χ3n) is 12.8. The molecule has 2 aliphatic rings. The van der Waals surface area contributed by atoms with Crippen LogP contribution in [0.3, 0.4) is 0 Å². The molecule has 0 saturated heterocycles. The van der Waals surface area contributed by atoms with Gasteiger partial charge in [0.1, 0.15) is 0 Å². The molecule has 0 radical (unpaired) electrons. The lowest BCUT2D eigenvalue weighted by Crippen LogP contribution is -2.18. The van der Waals surface area contributed by atoms with Gasteiger partial charge in [0.15, 0.2) is 0 Å². The third-order valence-corrected chi connectivity index (χ3v) is 12.8. The lowest BCUT2D eigenvalue weighted by Gasteiger charge is -2.31. The summed E-state index contributed by atoms with van der Waals surface area (Å²) in [5, 5.41) is 2.55. The van der Waals surface area contributed by atoms with Crippen LogP contribution in [0.2, 0.25) is 0 Å². The fourth-order valence-corrected chi connectivity index (χ4v) is 10.1. The number of fused-ring (bicyclic) bond motifs is 5. The molecule has 284 valence electrons. The second-order valence-electron chi connectivity index (χ2n) is 16.6. The van der Waals surface area contributed by atoms with Gasteiger partial charge in [-0.05, 0) is 106 Å². The molecule has 1 aliphatic carbocycles. The van der Waals surface area contributed by atoms with Crippen molar-refractivity contribution in [1.29, 1.82) is 0 Å². The fraction of sp³-hybridized carbons (Fsp3) is 0.0526. The van der Waals surface area contributed by atoms with Crippen molar-refractivity contribution in [2.45, 2.75) is 19.3 Å². The highest BCUT2D eigenvalue weighted by Crippen LogP contribution is 2.59. The summed E-state index contributed by atoms with van der Waals surface area (Å²) >= 11 is 0. The second-order valence-corrected chi connectivity index (χ2v) is 16.6. The van der Waals surface area contributed by atoms with Crippen LogP contribution in [-0.4, -0.2) is 4.57 Å². The molecule has 12 rings (SSSR count). The minimum Gasteiger partial charge on any atom is -0.310 e. The van der Waals surface area contributed by atoms with E-state index in [0.29, 0.717) is 0 Å². The van der Waals surface area contributed by atoms with Crippen LogP contribution in [0.15, 0.2) is 212 Å². The van der Waals surface area contributed by atoms with Crippen molar-refractivity contribution in [2.24, 2.45) is 0 Å². The average Bonchev–Trinajstić information content (AvgIpc) is 3.71. The van der Waals surface area contributed by atoms with Crippen LogP contribution in [-0.2, 0) is 5.41 Å². The summed E-state index contributed by atoms with van der Waals surface area (Å²) in [5.41, 5.74) is 20.4. The maximum Gasteiger partial charge on any atom is 0.0619 e. The monoisotopic (exact) mass is 767 g/mol. The molecule has 0 fully saturated rings. The number of anilines is 6. The predicted octanol–water partition coefficient (Wildman–Crippen LogP) is 15.7. The van der Waals surface area contributed by atoms with Crippen molar-refractivity contribution in [3.05, 3.63) is 223 Å². The van der Waals surface area contributed by atoms with Crippen LogP contribution in [0.4, 0.5) is 34.1 Å². The molecule has 0 spiro atoms. The highest BCUT2D eigenvalue weighted by molar-refractivity contribution is 6.17. The normalized spacial score (nSPS) is 13.0. The number of rotatable bonds is 7. The summed E-state index contributed by atoms with van der Waals surface area (Å²) in [6.07, 6.45) is 0. The topological polar surface area (TPSA) is 11.4 Å². The number of para-hydroxylation sites is 4. The maximum absolute atomic E-state index is 2.56. The minimum atomic E-state index is -0.239. The lowest BCUT2D eigenvalue weighted by atomic mass is 9.81. The quantitative estimate of drug-likeness (QED) is 0.160. The van der Waals surface area contributed by atoms with E-state index < -0.39 is 0 Å². The largest absolute Gasteiger partial charge is 0.310 e. The molecule has 3 nitrogen and oxygen atoms in total. The molecular weight excluding hydrogens is 727 g/mol. The summed E-state index contributed by atoms with van der Waals surface area (Å²) in [6, 6.07) is 77.8. The van der Waals surface area contributed by atoms with Gasteiger partial charge >= 0.3 is 0 Å². The van der Waals surface area contributed by atoms with Gasteiger partial charge in [0, 0.05) is 61.4 Å². The molecular formula is C57H41N3. The summed E-state index contributed by atoms with van der Waals surface area (Å²) in [5.74, 6) is 0. The summed E-state index contributed by atoms with van der Waals surface area (Å²) in [4.78, 5) is 4.82. The molecule has 0 atom stereocenters. The molecule has 3 heteroatoms. The standard InChI is InChI=1S/C57H41N3/c1-57(2)50-32-17-29-47-49-31-16-30-48-46-28-12-13-33-52(46)60(56(48)49)53-37-45(36-51(57)55(53)54(47)50)59(42-25-14-20-39(34-42)38-18-6-3-7-19-38)44-27-15-26-43(35-44)58(40-21-8-4-9-22-40)41-23-10-5-11-24-41/h3-37H,1-2H3. The van der Waals surface area contributed by atoms with Gasteiger partial charge in [-0.2, -0.15) is 0 Å². The molecule has 9 aromatic carbocycles. The lowest BCUT2D eigenvalue weighted by molar-refractivity contribution is 0.660. The van der Waals surface area contributed by atoms with Crippen molar-refractivity contribution in [2.75, 3.05) is 9.80 Å². The number of nitrogens with zero attached hydrogens (tertiary/aromatic N) is 3. The van der Waals surface area contributed by atoms with E-state index in [1.807, 2.05) is 0 Å². The van der Waals surface area contributed by atoms with Crippen LogP contribution in [0, 0.1) is 0 Å². The van der Waals surface area contributed by atoms with E-state index in [9.17, 15) is 0 Å². The number of hydrogen-bond donors (Lipinski definition) is 0. The van der Waals surface area contributed by atoms with Gasteiger partial charge in [0.2, 0.25) is 0 Å². The van der Waals surface area contributed by atoms with Crippen LogP contribution >= 0.6 is 0 Å². The van der Waals surface area contributed by atoms with Crippen molar-refractivity contribution in [1.82, 2.24) is 4.57 Å². The molecule has 0 amide bonds. The highest BCUT2D eigenvalue weighted by Gasteiger charge is 2.41. The first kappa shape index (κ1) is 34.4. The van der Waals surface area contributed by atoms with Crippen LogP contribution in [0.1, 0.15) is 25.0 Å². The first-order valence-electron chi connectivity index (χ1n) is 20.9. The zero-order chi connectivity index (χ0) is 40.0. The Morgan fingerprint density at radius 2 is 0.900 bits per heavy atom. The SMILES string of the molecule is CC1(C)c2cccc3c2-c2c(cc(N(c4cccc(-c5ccccc5)c4)c4cccc(N(c5ccccc5)c5ccccc5)c4)cc21)-n1c2ccccc2c2cccc-3c21. The van der Waals surface area contributed by atoms with E-state index in [1.165, 1.54) is 72.0 Å². The van der Waals surface area contributed by atoms with E-state index in [4.69, 9.17) is 0 Å². The molecule has 10 aromatic rings. The van der Waals surface area contributed by atoms with Crippen LogP contribution in [0.5, 0.6) is 0 Å². The van der Waals surface area contributed by atoms with Gasteiger partial charge in [-0.1, -0.05) is 153 Å². The second kappa shape index (κ2) is 13.2. The van der Waals surface area contributed by atoms with Crippen LogP contribution < -0.4 is 9.80 Å². The Hall–Kier alpha value is -7.62. The maximum atomic E-state index is 2.56. The van der Waals surface area contributed by atoms with Gasteiger partial charge in [0.05, 0.1) is 16.7 Å². The van der Waals surface area contributed by atoms with E-state index in [1.54, 1.807) is 0 Å². The predicted molar refractivity (Wildman–Crippen MR) is 252 cm³/mol. The fourth-order valence-electron chi connectivity index (χ4n) is 10.1. The molecule has 1 aromatic heterocycles. The Bertz CT molecular complexity index is 3250. The molecule has 2 heterocycles. The summed E-state index contributed by atoms with van der Waals surface area (Å²) in [6.45, 7) is 4.81. The third kappa shape index (κ3) is 5.09. The molecule has 0 bridgehead atoms. The Kier molecular flexibility index (Phi) is 7.58. The Balaban J connectivity index is 1.16. The smallest absolute Gasteiger partial charge is 0.0619 e. The van der Waals surface area contributed by atoms with E-state index in [2.05, 4.69) is 241 Å². The van der Waals surface area contributed by atoms with E-state index >= 15 is 0 Å². The first-order chi connectivity index (χ1) is 29.5. The van der Waals surface area contributed by atoms with Gasteiger partial charge in [-0.15, -0.1) is 0 Å². The average molecular weight is 768 g/mol. The highest BCUT2D eigenvalue weighted by atomic mass is 15.2. The molecule has 0 saturated carbocycles. The number of aromatic nitrogens is 1. The first-order valence-corrected chi connectivity index (χ1v) is 20.9. The molecule has 1 aliphatic heterocycles. The summed E-state index contributed by atoms with van der Waals surface area (Å²) < 4.78 is 2.56. The zero-order valence-corrected chi connectivity index (χ0v) is 33.5. The van der Waals surface area contributed by atoms with Crippen LogP contribution in [0.25, 0.3) is 60.9 Å².